The van der Waals surface area contributed by atoms with Gasteiger partial charge in [-0.15, -0.1) is 0 Å². The Morgan fingerprint density at radius 3 is 2.76 bits per heavy atom. The van der Waals surface area contributed by atoms with E-state index in [1.165, 1.54) is 6.42 Å². The second-order valence-corrected chi connectivity index (χ2v) is 6.27. The average Bonchev–Trinajstić information content (AvgIpc) is 2.44. The summed E-state index contributed by atoms with van der Waals surface area (Å²) in [5.41, 5.74) is 0.570. The summed E-state index contributed by atoms with van der Waals surface area (Å²) in [5.74, 6) is 2.01. The Balaban J connectivity index is 1.79. The smallest absolute Gasteiger partial charge is 0.120 e. The topological polar surface area (TPSA) is 56.5 Å². The molecule has 1 aromatic carbocycles. The number of hydrogen-bond acceptors (Lipinski definition) is 4. The van der Waals surface area contributed by atoms with Gasteiger partial charge in [0.15, 0.2) is 0 Å². The van der Waals surface area contributed by atoms with E-state index in [9.17, 15) is 5.11 Å². The molecule has 0 amide bonds. The standard InChI is InChI=1S/C17H24N2O2/c1-13-6-14(2)10-19(9-13)11-16(20)12-21-17-5-3-4-15(7-17)8-18/h3-5,7,13-14,16,20H,6,9-12H2,1-2H3. The van der Waals surface area contributed by atoms with Crippen molar-refractivity contribution in [3.05, 3.63) is 29.8 Å². The number of rotatable bonds is 5. The van der Waals surface area contributed by atoms with Gasteiger partial charge in [-0.3, -0.25) is 0 Å². The summed E-state index contributed by atoms with van der Waals surface area (Å²) in [5, 5.41) is 19.0. The van der Waals surface area contributed by atoms with Crippen molar-refractivity contribution in [2.45, 2.75) is 26.4 Å². The van der Waals surface area contributed by atoms with Crippen LogP contribution in [0.5, 0.6) is 5.75 Å². The lowest BCUT2D eigenvalue weighted by molar-refractivity contribution is 0.0429. The van der Waals surface area contributed by atoms with E-state index in [2.05, 4.69) is 24.8 Å². The molecule has 1 aromatic rings. The first-order valence-electron chi connectivity index (χ1n) is 7.60. The number of aliphatic hydroxyl groups is 1. The summed E-state index contributed by atoms with van der Waals surface area (Å²) in [4.78, 5) is 2.32. The molecule has 4 heteroatoms. The number of β-amino-alcohol motifs (C(OH)–C–C–N with tert-alkyl or cyclic N) is 1. The van der Waals surface area contributed by atoms with E-state index >= 15 is 0 Å². The highest BCUT2D eigenvalue weighted by Gasteiger charge is 2.23. The van der Waals surface area contributed by atoms with Crippen molar-refractivity contribution in [3.63, 3.8) is 0 Å². The van der Waals surface area contributed by atoms with Crippen LogP contribution in [0.1, 0.15) is 25.8 Å². The molecule has 1 aliphatic heterocycles. The number of aliphatic hydroxyl groups excluding tert-OH is 1. The summed E-state index contributed by atoms with van der Waals surface area (Å²) in [6.07, 6.45) is 0.762. The molecule has 0 saturated carbocycles. The van der Waals surface area contributed by atoms with Gasteiger partial charge in [0.1, 0.15) is 18.5 Å². The van der Waals surface area contributed by atoms with Crippen LogP contribution in [-0.2, 0) is 0 Å². The van der Waals surface area contributed by atoms with Crippen molar-refractivity contribution in [2.75, 3.05) is 26.2 Å². The van der Waals surface area contributed by atoms with Crippen molar-refractivity contribution < 1.29 is 9.84 Å². The molecule has 1 saturated heterocycles. The SMILES string of the molecule is CC1CC(C)CN(CC(O)COc2cccc(C#N)c2)C1. The van der Waals surface area contributed by atoms with Crippen LogP contribution >= 0.6 is 0 Å². The number of likely N-dealkylation sites (tertiary alicyclic amines) is 1. The van der Waals surface area contributed by atoms with Gasteiger partial charge in [-0.25, -0.2) is 0 Å². The molecule has 0 aliphatic carbocycles. The normalized spacial score (nSPS) is 24.3. The number of nitriles is 1. The van der Waals surface area contributed by atoms with Gasteiger partial charge in [-0.1, -0.05) is 19.9 Å². The highest BCUT2D eigenvalue weighted by atomic mass is 16.5. The van der Waals surface area contributed by atoms with Gasteiger partial charge >= 0.3 is 0 Å². The van der Waals surface area contributed by atoms with Crippen LogP contribution < -0.4 is 4.74 Å². The quantitative estimate of drug-likeness (QED) is 0.903. The van der Waals surface area contributed by atoms with E-state index in [1.807, 2.05) is 0 Å². The predicted octanol–water partition coefficient (Wildman–Crippen LogP) is 2.28. The maximum Gasteiger partial charge on any atom is 0.120 e. The minimum Gasteiger partial charge on any atom is -0.491 e. The Morgan fingerprint density at radius 2 is 2.10 bits per heavy atom. The Labute approximate surface area is 127 Å². The van der Waals surface area contributed by atoms with E-state index < -0.39 is 6.10 Å². The van der Waals surface area contributed by atoms with Crippen molar-refractivity contribution >= 4 is 0 Å². The van der Waals surface area contributed by atoms with Gasteiger partial charge in [-0.2, -0.15) is 5.26 Å². The van der Waals surface area contributed by atoms with E-state index in [0.717, 1.165) is 13.1 Å². The first-order chi connectivity index (χ1) is 10.1. The fourth-order valence-corrected chi connectivity index (χ4v) is 3.14. The fraction of sp³-hybridized carbons (Fsp3) is 0.588. The molecule has 0 bridgehead atoms. The maximum atomic E-state index is 10.1. The third-order valence-electron chi connectivity index (χ3n) is 3.82. The average molecular weight is 288 g/mol. The van der Waals surface area contributed by atoms with E-state index in [0.29, 0.717) is 29.7 Å². The second kappa shape index (κ2) is 7.44. The molecule has 4 nitrogen and oxygen atoms in total. The monoisotopic (exact) mass is 288 g/mol. The van der Waals surface area contributed by atoms with Crippen molar-refractivity contribution in [1.29, 1.82) is 5.26 Å². The minimum absolute atomic E-state index is 0.258. The van der Waals surface area contributed by atoms with Gasteiger partial charge in [-0.05, 0) is 36.5 Å². The van der Waals surface area contributed by atoms with Gasteiger partial charge < -0.3 is 14.7 Å². The lowest BCUT2D eigenvalue weighted by atomic mass is 9.92. The third-order valence-corrected chi connectivity index (χ3v) is 3.82. The molecule has 0 radical (unpaired) electrons. The zero-order valence-electron chi connectivity index (χ0n) is 12.8. The zero-order valence-corrected chi connectivity index (χ0v) is 12.8. The van der Waals surface area contributed by atoms with Gasteiger partial charge in [0, 0.05) is 19.6 Å². The van der Waals surface area contributed by atoms with Crippen LogP contribution in [0, 0.1) is 23.2 Å². The van der Waals surface area contributed by atoms with Gasteiger partial charge in [0.05, 0.1) is 11.6 Å². The van der Waals surface area contributed by atoms with Crippen molar-refractivity contribution in [2.24, 2.45) is 11.8 Å². The van der Waals surface area contributed by atoms with Crippen molar-refractivity contribution in [1.82, 2.24) is 4.90 Å². The molecule has 3 atom stereocenters. The van der Waals surface area contributed by atoms with Gasteiger partial charge in [0.2, 0.25) is 0 Å². The summed E-state index contributed by atoms with van der Waals surface area (Å²) in [7, 11) is 0. The van der Waals surface area contributed by atoms with Crippen molar-refractivity contribution in [3.8, 4) is 11.8 Å². The molecule has 0 aromatic heterocycles. The molecule has 1 fully saturated rings. The molecular weight excluding hydrogens is 264 g/mol. The van der Waals surface area contributed by atoms with Crippen LogP contribution in [0.25, 0.3) is 0 Å². The Morgan fingerprint density at radius 1 is 1.38 bits per heavy atom. The maximum absolute atomic E-state index is 10.1. The number of nitrogens with zero attached hydrogens (tertiary/aromatic N) is 2. The van der Waals surface area contributed by atoms with Crippen LogP contribution in [0.3, 0.4) is 0 Å². The zero-order chi connectivity index (χ0) is 15.2. The van der Waals surface area contributed by atoms with E-state index in [1.54, 1.807) is 24.3 Å². The molecule has 2 rings (SSSR count). The molecule has 0 spiro atoms. The summed E-state index contributed by atoms with van der Waals surface area (Å²) in [6, 6.07) is 9.10. The van der Waals surface area contributed by atoms with Gasteiger partial charge in [0.25, 0.3) is 0 Å². The predicted molar refractivity (Wildman–Crippen MR) is 82.0 cm³/mol. The molecule has 3 unspecified atom stereocenters. The molecule has 1 heterocycles. The molecule has 1 aliphatic rings. The Kier molecular flexibility index (Phi) is 5.60. The van der Waals surface area contributed by atoms with Crippen LogP contribution in [0.2, 0.25) is 0 Å². The number of ether oxygens (including phenoxy) is 1. The minimum atomic E-state index is -0.506. The highest BCUT2D eigenvalue weighted by Crippen LogP contribution is 2.21. The van der Waals surface area contributed by atoms with E-state index in [-0.39, 0.29) is 6.61 Å². The largest absolute Gasteiger partial charge is 0.491 e. The molecular formula is C17H24N2O2. The van der Waals surface area contributed by atoms with Crippen LogP contribution in [-0.4, -0.2) is 42.4 Å². The Hall–Kier alpha value is -1.57. The lowest BCUT2D eigenvalue weighted by Crippen LogP contribution is -2.44. The Bertz CT molecular complexity index is 488. The summed E-state index contributed by atoms with van der Waals surface area (Å²) >= 11 is 0. The number of hydrogen-bond donors (Lipinski definition) is 1. The highest BCUT2D eigenvalue weighted by molar-refractivity contribution is 5.36. The second-order valence-electron chi connectivity index (χ2n) is 6.27. The van der Waals surface area contributed by atoms with Crippen LogP contribution in [0.4, 0.5) is 0 Å². The first-order valence-corrected chi connectivity index (χ1v) is 7.60. The molecule has 114 valence electrons. The summed E-state index contributed by atoms with van der Waals surface area (Å²) < 4.78 is 5.58. The number of piperidine rings is 1. The number of benzene rings is 1. The third kappa shape index (κ3) is 5.04. The molecule has 21 heavy (non-hydrogen) atoms. The van der Waals surface area contributed by atoms with E-state index in [4.69, 9.17) is 10.00 Å². The summed E-state index contributed by atoms with van der Waals surface area (Å²) in [6.45, 7) is 7.52. The fourth-order valence-electron chi connectivity index (χ4n) is 3.14. The lowest BCUT2D eigenvalue weighted by Gasteiger charge is -2.35. The van der Waals surface area contributed by atoms with Crippen LogP contribution in [0.15, 0.2) is 24.3 Å². The first kappa shape index (κ1) is 15.8. The molecule has 1 N–H and O–H groups in total.